The zero-order valence-corrected chi connectivity index (χ0v) is 17.7. The fourth-order valence-electron chi connectivity index (χ4n) is 3.95. The van der Waals surface area contributed by atoms with E-state index >= 15 is 0 Å². The lowest BCUT2D eigenvalue weighted by Crippen LogP contribution is -2.35. The van der Waals surface area contributed by atoms with Crippen molar-refractivity contribution in [1.29, 1.82) is 0 Å². The predicted molar refractivity (Wildman–Crippen MR) is 115 cm³/mol. The predicted octanol–water partition coefficient (Wildman–Crippen LogP) is 3.44. The number of carbonyl (C=O) groups excluding carboxylic acids is 1. The van der Waals surface area contributed by atoms with Gasteiger partial charge in [0, 0.05) is 17.5 Å². The van der Waals surface area contributed by atoms with Gasteiger partial charge in [-0.3, -0.25) is 0 Å². The average Bonchev–Trinajstić information content (AvgIpc) is 2.75. The van der Waals surface area contributed by atoms with E-state index in [1.807, 2.05) is 26.0 Å². The maximum Gasteiger partial charge on any atom is 0.338 e. The number of phenolic OH excluding ortho intramolecular Hbond substituents is 6. The number of phenols is 6. The number of ether oxygens (including phenoxy) is 2. The van der Waals surface area contributed by atoms with Gasteiger partial charge in [0.15, 0.2) is 40.6 Å². The molecule has 0 radical (unpaired) electrons. The molecular weight excluding hydrogens is 432 g/mol. The Morgan fingerprint density at radius 1 is 0.848 bits per heavy atom. The van der Waals surface area contributed by atoms with Crippen LogP contribution in [-0.4, -0.2) is 42.7 Å². The third kappa shape index (κ3) is 4.00. The van der Waals surface area contributed by atoms with Crippen molar-refractivity contribution in [3.05, 3.63) is 64.2 Å². The SMILES string of the molecule is Cc1cc(C)c2c(c1)OC(c1cc(O)c(O)c(O)c1)C(OC(=O)c1cc(O)c(O)c(O)c1)C2. The van der Waals surface area contributed by atoms with Crippen LogP contribution in [0.15, 0.2) is 36.4 Å². The van der Waals surface area contributed by atoms with Gasteiger partial charge in [0.25, 0.3) is 0 Å². The van der Waals surface area contributed by atoms with Crippen molar-refractivity contribution in [2.75, 3.05) is 0 Å². The van der Waals surface area contributed by atoms with E-state index in [1.54, 1.807) is 0 Å². The van der Waals surface area contributed by atoms with Crippen molar-refractivity contribution in [2.24, 2.45) is 0 Å². The summed E-state index contributed by atoms with van der Waals surface area (Å²) in [5.74, 6) is -4.33. The summed E-state index contributed by atoms with van der Waals surface area (Å²) in [7, 11) is 0. The Bertz CT molecular complexity index is 1220. The maximum absolute atomic E-state index is 12.8. The molecule has 3 aromatic rings. The van der Waals surface area contributed by atoms with Crippen LogP contribution in [0.3, 0.4) is 0 Å². The van der Waals surface area contributed by atoms with Crippen LogP contribution in [0.5, 0.6) is 40.2 Å². The fraction of sp³-hybridized carbons (Fsp3) is 0.208. The Morgan fingerprint density at radius 2 is 1.39 bits per heavy atom. The minimum absolute atomic E-state index is 0.204. The molecule has 0 saturated carbocycles. The largest absolute Gasteiger partial charge is 0.504 e. The van der Waals surface area contributed by atoms with Crippen molar-refractivity contribution in [3.8, 4) is 40.2 Å². The Kier molecular flexibility index (Phi) is 5.33. The third-order valence-electron chi connectivity index (χ3n) is 5.56. The van der Waals surface area contributed by atoms with E-state index in [-0.39, 0.29) is 17.5 Å². The highest BCUT2D eigenvalue weighted by atomic mass is 16.6. The molecule has 4 rings (SSSR count). The van der Waals surface area contributed by atoms with Gasteiger partial charge in [0.05, 0.1) is 5.56 Å². The molecule has 0 aromatic heterocycles. The van der Waals surface area contributed by atoms with E-state index in [1.165, 1.54) is 12.1 Å². The van der Waals surface area contributed by atoms with Gasteiger partial charge in [-0.15, -0.1) is 0 Å². The summed E-state index contributed by atoms with van der Waals surface area (Å²) in [6.45, 7) is 3.79. The molecule has 1 aliphatic heterocycles. The van der Waals surface area contributed by atoms with Crippen molar-refractivity contribution in [3.63, 3.8) is 0 Å². The summed E-state index contributed by atoms with van der Waals surface area (Å²) < 4.78 is 11.8. The number of esters is 1. The van der Waals surface area contributed by atoms with Gasteiger partial charge in [-0.05, 0) is 55.3 Å². The van der Waals surface area contributed by atoms with E-state index in [0.717, 1.165) is 28.8 Å². The van der Waals surface area contributed by atoms with E-state index < -0.39 is 52.7 Å². The first-order chi connectivity index (χ1) is 15.5. The Labute approximate surface area is 188 Å². The van der Waals surface area contributed by atoms with E-state index in [2.05, 4.69) is 0 Å². The van der Waals surface area contributed by atoms with Crippen LogP contribution in [0.2, 0.25) is 0 Å². The van der Waals surface area contributed by atoms with Crippen molar-refractivity contribution < 1.29 is 44.9 Å². The van der Waals surface area contributed by atoms with E-state index in [4.69, 9.17) is 9.47 Å². The summed E-state index contributed by atoms with van der Waals surface area (Å²) in [6.07, 6.45) is -1.66. The second-order valence-electron chi connectivity index (χ2n) is 8.02. The fourth-order valence-corrected chi connectivity index (χ4v) is 3.95. The summed E-state index contributed by atoms with van der Waals surface area (Å²) >= 11 is 0. The number of carbonyl (C=O) groups is 1. The molecule has 1 heterocycles. The monoisotopic (exact) mass is 454 g/mol. The minimum Gasteiger partial charge on any atom is -0.504 e. The number of hydrogen-bond acceptors (Lipinski definition) is 9. The first kappa shape index (κ1) is 21.9. The molecule has 1 aliphatic rings. The molecule has 0 aliphatic carbocycles. The van der Waals surface area contributed by atoms with Gasteiger partial charge < -0.3 is 40.1 Å². The zero-order chi connectivity index (χ0) is 24.0. The minimum atomic E-state index is -0.959. The van der Waals surface area contributed by atoms with E-state index in [0.29, 0.717) is 5.75 Å². The second-order valence-corrected chi connectivity index (χ2v) is 8.02. The molecule has 9 heteroatoms. The van der Waals surface area contributed by atoms with Crippen LogP contribution in [0.25, 0.3) is 0 Å². The third-order valence-corrected chi connectivity index (χ3v) is 5.56. The van der Waals surface area contributed by atoms with Gasteiger partial charge in [-0.1, -0.05) is 6.07 Å². The lowest BCUT2D eigenvalue weighted by atomic mass is 9.91. The maximum atomic E-state index is 12.8. The van der Waals surface area contributed by atoms with Gasteiger partial charge >= 0.3 is 5.97 Å². The summed E-state index contributed by atoms with van der Waals surface area (Å²) in [6, 6.07) is 8.09. The molecule has 2 unspecified atom stereocenters. The first-order valence-electron chi connectivity index (χ1n) is 10.0. The summed E-state index contributed by atoms with van der Waals surface area (Å²) in [5, 5.41) is 58.6. The second kappa shape index (κ2) is 8.01. The highest BCUT2D eigenvalue weighted by Gasteiger charge is 2.36. The van der Waals surface area contributed by atoms with Gasteiger partial charge in [-0.2, -0.15) is 0 Å². The smallest absolute Gasteiger partial charge is 0.338 e. The number of fused-ring (bicyclic) bond motifs is 1. The topological polar surface area (TPSA) is 157 Å². The molecule has 33 heavy (non-hydrogen) atoms. The quantitative estimate of drug-likeness (QED) is 0.258. The van der Waals surface area contributed by atoms with Crippen LogP contribution >= 0.6 is 0 Å². The average molecular weight is 454 g/mol. The molecule has 9 nitrogen and oxygen atoms in total. The molecule has 3 aromatic carbocycles. The molecule has 0 spiro atoms. The van der Waals surface area contributed by atoms with Crippen LogP contribution in [0.4, 0.5) is 0 Å². The van der Waals surface area contributed by atoms with Crippen LogP contribution < -0.4 is 4.74 Å². The lowest BCUT2D eigenvalue weighted by molar-refractivity contribution is -0.0185. The van der Waals surface area contributed by atoms with Gasteiger partial charge in [0.2, 0.25) is 0 Å². The lowest BCUT2D eigenvalue weighted by Gasteiger charge is -2.34. The highest BCUT2D eigenvalue weighted by molar-refractivity contribution is 5.91. The molecule has 2 atom stereocenters. The van der Waals surface area contributed by atoms with Crippen molar-refractivity contribution in [1.82, 2.24) is 0 Å². The molecule has 0 bridgehead atoms. The molecule has 0 saturated heterocycles. The number of hydrogen-bond donors (Lipinski definition) is 6. The van der Waals surface area contributed by atoms with Crippen LogP contribution in [0.1, 0.15) is 38.7 Å². The number of benzene rings is 3. The molecule has 6 N–H and O–H groups in total. The number of aryl methyl sites for hydroxylation is 2. The van der Waals surface area contributed by atoms with E-state index in [9.17, 15) is 35.4 Å². The highest BCUT2D eigenvalue weighted by Crippen LogP contribution is 2.44. The Morgan fingerprint density at radius 3 is 1.97 bits per heavy atom. The number of rotatable bonds is 3. The van der Waals surface area contributed by atoms with Crippen LogP contribution in [0, 0.1) is 13.8 Å². The zero-order valence-electron chi connectivity index (χ0n) is 17.7. The standard InChI is InChI=1S/C24H22O9/c1-10-3-11(2)14-9-20(33-24(31)13-7-17(27)22(30)18(28)8-13)23(32-19(14)4-10)12-5-15(25)21(29)16(26)6-12/h3-8,20,23,25-30H,9H2,1-2H3. The molecular formula is C24H22O9. The number of aromatic hydroxyl groups is 6. The van der Waals surface area contributed by atoms with Gasteiger partial charge in [0.1, 0.15) is 11.9 Å². The van der Waals surface area contributed by atoms with Gasteiger partial charge in [-0.25, -0.2) is 4.79 Å². The Balaban J connectivity index is 1.75. The molecule has 0 fully saturated rings. The molecule has 0 amide bonds. The van der Waals surface area contributed by atoms with Crippen LogP contribution in [-0.2, 0) is 11.2 Å². The summed E-state index contributed by atoms with van der Waals surface area (Å²) in [4.78, 5) is 12.8. The summed E-state index contributed by atoms with van der Waals surface area (Å²) in [5.41, 5.74) is 2.72. The van der Waals surface area contributed by atoms with Crippen molar-refractivity contribution in [2.45, 2.75) is 32.5 Å². The van der Waals surface area contributed by atoms with Crippen molar-refractivity contribution >= 4 is 5.97 Å². The normalized spacial score (nSPS) is 17.2. The Hall–Kier alpha value is -4.27. The first-order valence-corrected chi connectivity index (χ1v) is 10.0. The molecule has 172 valence electrons.